The molecule has 0 aliphatic heterocycles. The zero-order valence-corrected chi connectivity index (χ0v) is 12.1. The molecule has 0 saturated carbocycles. The summed E-state index contributed by atoms with van der Waals surface area (Å²) in [6.07, 6.45) is 0.714. The highest BCUT2D eigenvalue weighted by molar-refractivity contribution is 7.12. The maximum Gasteiger partial charge on any atom is 0.146 e. The first kappa shape index (κ1) is 13.1. The summed E-state index contributed by atoms with van der Waals surface area (Å²) < 4.78 is 3.43. The van der Waals surface area contributed by atoms with Crippen LogP contribution in [0.2, 0.25) is 0 Å². The molecule has 0 fully saturated rings. The average molecular weight is 304 g/mol. The van der Waals surface area contributed by atoms with E-state index >= 15 is 0 Å². The third-order valence-electron chi connectivity index (χ3n) is 3.15. The van der Waals surface area contributed by atoms with Gasteiger partial charge in [-0.3, -0.25) is 0 Å². The van der Waals surface area contributed by atoms with Crippen LogP contribution >= 0.6 is 22.7 Å². The Labute approximate surface area is 127 Å². The Morgan fingerprint density at radius 3 is 1.48 bits per heavy atom. The van der Waals surface area contributed by atoms with E-state index in [0.717, 1.165) is 20.2 Å². The van der Waals surface area contributed by atoms with E-state index in [0.29, 0.717) is 15.5 Å². The fraction of sp³-hybridized carbons (Fsp3) is 0.0667. The van der Waals surface area contributed by atoms with Crippen molar-refractivity contribution < 1.29 is 0 Å². The average Bonchev–Trinajstić information content (AvgIpc) is 3.12. The van der Waals surface area contributed by atoms with Crippen molar-refractivity contribution in [3.05, 3.63) is 41.4 Å². The molecule has 21 heavy (non-hydrogen) atoms. The third-order valence-corrected chi connectivity index (χ3v) is 5.70. The molecule has 6 heteroatoms. The summed E-state index contributed by atoms with van der Waals surface area (Å²) in [6, 6.07) is 11.4. The van der Waals surface area contributed by atoms with Crippen molar-refractivity contribution in [3.8, 4) is 24.3 Å². The van der Waals surface area contributed by atoms with Gasteiger partial charge in [0.15, 0.2) is 0 Å². The lowest BCUT2D eigenvalue weighted by Crippen LogP contribution is -1.97. The highest BCUT2D eigenvalue weighted by Crippen LogP contribution is 2.24. The highest BCUT2D eigenvalue weighted by Gasteiger charge is 2.15. The van der Waals surface area contributed by atoms with Crippen LogP contribution in [-0.4, -0.2) is 0 Å². The summed E-state index contributed by atoms with van der Waals surface area (Å²) in [5.74, 6) is 0. The Morgan fingerprint density at radius 2 is 1.14 bits per heavy atom. The van der Waals surface area contributed by atoms with Gasteiger partial charge in [-0.15, -0.1) is 22.7 Å². The molecule has 96 valence electrons. The number of fused-ring (bicyclic) bond motifs is 2. The molecule has 1 aliphatic rings. The van der Waals surface area contributed by atoms with E-state index in [9.17, 15) is 0 Å². The topological polar surface area (TPSA) is 95.2 Å². The minimum Gasteiger partial charge on any atom is -0.192 e. The van der Waals surface area contributed by atoms with Gasteiger partial charge in [-0.25, -0.2) is 0 Å². The number of rotatable bonds is 0. The summed E-state index contributed by atoms with van der Waals surface area (Å²) in [7, 11) is 0. The summed E-state index contributed by atoms with van der Waals surface area (Å²) in [5, 5.41) is 35.7. The van der Waals surface area contributed by atoms with E-state index in [4.69, 9.17) is 21.0 Å². The van der Waals surface area contributed by atoms with E-state index in [1.807, 2.05) is 36.4 Å². The predicted molar refractivity (Wildman–Crippen MR) is 77.6 cm³/mol. The second-order valence-corrected chi connectivity index (χ2v) is 6.41. The van der Waals surface area contributed by atoms with E-state index < -0.39 is 0 Å². The fourth-order valence-corrected chi connectivity index (χ4v) is 4.68. The predicted octanol–water partition coefficient (Wildman–Crippen LogP) is 1.40. The van der Waals surface area contributed by atoms with Crippen molar-refractivity contribution in [2.75, 3.05) is 0 Å². The molecule has 0 unspecified atom stereocenters. The van der Waals surface area contributed by atoms with E-state index in [-0.39, 0.29) is 11.1 Å². The molecule has 1 aliphatic carbocycles. The number of hydrogen-bond donors (Lipinski definition) is 0. The molecule has 0 saturated heterocycles. The van der Waals surface area contributed by atoms with Gasteiger partial charge in [-0.05, 0) is 23.3 Å². The van der Waals surface area contributed by atoms with Crippen molar-refractivity contribution >= 4 is 33.8 Å². The standard InChI is InChI=1S/C15H4N4S2/c16-4-10(5-17)12-2-8-1-9-3-13(11(6-18)7-19)21-15(9)14(8)20-12/h2-3H,1H2. The van der Waals surface area contributed by atoms with Gasteiger partial charge < -0.3 is 0 Å². The summed E-state index contributed by atoms with van der Waals surface area (Å²) >= 11 is 2.83. The van der Waals surface area contributed by atoms with Crippen LogP contribution in [0, 0.1) is 54.4 Å². The van der Waals surface area contributed by atoms with Gasteiger partial charge in [0.25, 0.3) is 0 Å². The fourth-order valence-electron chi connectivity index (χ4n) is 2.23. The lowest BCUT2D eigenvalue weighted by molar-refractivity contribution is 1.25. The molecule has 2 heterocycles. The van der Waals surface area contributed by atoms with Crippen LogP contribution in [-0.2, 0) is 6.42 Å². The maximum absolute atomic E-state index is 8.93. The molecular weight excluding hydrogens is 300 g/mol. The summed E-state index contributed by atoms with van der Waals surface area (Å²) in [4.78, 5) is 0. The second-order valence-electron chi connectivity index (χ2n) is 4.30. The third kappa shape index (κ3) is 1.92. The number of nitriles is 4. The molecule has 0 atom stereocenters. The van der Waals surface area contributed by atoms with E-state index in [2.05, 4.69) is 0 Å². The van der Waals surface area contributed by atoms with Crippen molar-refractivity contribution in [2.24, 2.45) is 0 Å². The summed E-state index contributed by atoms with van der Waals surface area (Å²) in [6.45, 7) is 0. The molecule has 2 aromatic rings. The highest BCUT2D eigenvalue weighted by atomic mass is 32.1. The molecule has 4 nitrogen and oxygen atoms in total. The molecule has 0 amide bonds. The lowest BCUT2D eigenvalue weighted by atomic mass is 10.2. The van der Waals surface area contributed by atoms with Crippen LogP contribution in [0.25, 0.3) is 11.1 Å². The van der Waals surface area contributed by atoms with Crippen LogP contribution < -0.4 is 9.06 Å². The Morgan fingerprint density at radius 1 is 0.762 bits per heavy atom. The van der Waals surface area contributed by atoms with Crippen LogP contribution in [0.15, 0.2) is 12.1 Å². The minimum atomic E-state index is 0.119. The number of nitrogens with zero attached hydrogens (tertiary/aromatic N) is 4. The molecule has 3 rings (SSSR count). The molecule has 0 aromatic carbocycles. The molecule has 2 aromatic heterocycles. The van der Waals surface area contributed by atoms with Crippen LogP contribution in [0.1, 0.15) is 11.1 Å². The molecular formula is C15H4N4S2. The quantitative estimate of drug-likeness (QED) is 0.627. The number of thiophene rings is 2. The lowest BCUT2D eigenvalue weighted by Gasteiger charge is -1.86. The van der Waals surface area contributed by atoms with Crippen molar-refractivity contribution in [1.82, 2.24) is 0 Å². The Kier molecular flexibility index (Phi) is 3.05. The molecule has 0 spiro atoms. The first-order valence-corrected chi connectivity index (χ1v) is 7.46. The molecule has 0 N–H and O–H groups in total. The smallest absolute Gasteiger partial charge is 0.146 e. The van der Waals surface area contributed by atoms with Crippen molar-refractivity contribution in [1.29, 1.82) is 21.0 Å². The van der Waals surface area contributed by atoms with Gasteiger partial charge in [0, 0.05) is 15.5 Å². The molecule has 0 radical (unpaired) electrons. The van der Waals surface area contributed by atoms with Crippen molar-refractivity contribution in [2.45, 2.75) is 6.42 Å². The maximum atomic E-state index is 8.93. The Balaban J connectivity index is 2.46. The first-order valence-electron chi connectivity index (χ1n) is 5.82. The zero-order valence-electron chi connectivity index (χ0n) is 10.5. The van der Waals surface area contributed by atoms with Gasteiger partial charge in [0.1, 0.15) is 35.4 Å². The minimum absolute atomic E-state index is 0.119. The normalized spacial score (nSPS) is 10.5. The first-order chi connectivity index (χ1) is 10.2. The Bertz CT molecular complexity index is 1030. The number of hydrogen-bond acceptors (Lipinski definition) is 6. The van der Waals surface area contributed by atoms with Crippen LogP contribution in [0.4, 0.5) is 0 Å². The SMILES string of the molecule is N#CC(C#N)=c1cc2c(s1)=c1sc(=C(C#N)C#N)cc1C2. The van der Waals surface area contributed by atoms with Crippen molar-refractivity contribution in [3.63, 3.8) is 0 Å². The van der Waals surface area contributed by atoms with Gasteiger partial charge in [-0.1, -0.05) is 0 Å². The Hall–Kier alpha value is -2.90. The van der Waals surface area contributed by atoms with Gasteiger partial charge >= 0.3 is 0 Å². The molecule has 0 bridgehead atoms. The van der Waals surface area contributed by atoms with Gasteiger partial charge in [0.05, 0.1) is 9.06 Å². The van der Waals surface area contributed by atoms with Crippen LogP contribution in [0.5, 0.6) is 0 Å². The second kappa shape index (κ2) is 4.89. The van der Waals surface area contributed by atoms with E-state index in [1.165, 1.54) is 22.7 Å². The zero-order chi connectivity index (χ0) is 15.0. The monoisotopic (exact) mass is 304 g/mol. The summed E-state index contributed by atoms with van der Waals surface area (Å²) in [5.41, 5.74) is 2.44. The van der Waals surface area contributed by atoms with E-state index in [1.54, 1.807) is 0 Å². The van der Waals surface area contributed by atoms with Gasteiger partial charge in [0.2, 0.25) is 0 Å². The largest absolute Gasteiger partial charge is 0.192 e. The van der Waals surface area contributed by atoms with Crippen LogP contribution in [0.3, 0.4) is 0 Å². The van der Waals surface area contributed by atoms with Gasteiger partial charge in [-0.2, -0.15) is 21.0 Å².